The van der Waals surface area contributed by atoms with E-state index < -0.39 is 5.97 Å². The first-order chi connectivity index (χ1) is 10.5. The van der Waals surface area contributed by atoms with Crippen molar-refractivity contribution in [1.82, 2.24) is 4.90 Å². The number of carboxylic acids is 1. The fourth-order valence-electron chi connectivity index (χ4n) is 2.47. The van der Waals surface area contributed by atoms with Crippen molar-refractivity contribution >= 4 is 11.9 Å². The van der Waals surface area contributed by atoms with Crippen LogP contribution >= 0.6 is 0 Å². The third-order valence-electron chi connectivity index (χ3n) is 3.72. The summed E-state index contributed by atoms with van der Waals surface area (Å²) in [6.07, 6.45) is 1.33. The summed E-state index contributed by atoms with van der Waals surface area (Å²) >= 11 is 0. The molecule has 0 saturated carbocycles. The number of likely N-dealkylation sites (tertiary alicyclic amines) is 1. The molecule has 1 heterocycles. The summed E-state index contributed by atoms with van der Waals surface area (Å²) in [5.41, 5.74) is 1.07. The van der Waals surface area contributed by atoms with Crippen LogP contribution < -0.4 is 0 Å². The van der Waals surface area contributed by atoms with Crippen LogP contribution in [-0.2, 0) is 16.0 Å². The van der Waals surface area contributed by atoms with E-state index in [9.17, 15) is 9.59 Å². The molecule has 0 aromatic heterocycles. The quantitative estimate of drug-likeness (QED) is 0.875. The molecule has 2 rings (SSSR count). The monoisotopic (exact) mass is 305 g/mol. The van der Waals surface area contributed by atoms with Gasteiger partial charge < -0.3 is 14.7 Å². The zero-order valence-corrected chi connectivity index (χ0v) is 13.1. The molecule has 22 heavy (non-hydrogen) atoms. The van der Waals surface area contributed by atoms with Crippen LogP contribution in [-0.4, -0.2) is 47.7 Å². The normalized spacial score (nSPS) is 18.0. The number of rotatable bonds is 6. The number of carbonyl (C=O) groups excluding carboxylic acids is 1. The Balaban J connectivity index is 1.84. The maximum atomic E-state index is 12.3. The molecule has 1 aliphatic rings. The molecular weight excluding hydrogens is 282 g/mol. The summed E-state index contributed by atoms with van der Waals surface area (Å²) in [6, 6.07) is 6.46. The number of carboxylic acid groups (broad SMARTS) is 1. The molecule has 1 aliphatic heterocycles. The van der Waals surface area contributed by atoms with E-state index in [4.69, 9.17) is 9.84 Å². The van der Waals surface area contributed by atoms with Gasteiger partial charge in [-0.2, -0.15) is 0 Å². The number of benzene rings is 1. The molecule has 1 amide bonds. The van der Waals surface area contributed by atoms with E-state index in [0.29, 0.717) is 18.9 Å². The molecule has 0 bridgehead atoms. The van der Waals surface area contributed by atoms with Gasteiger partial charge in [-0.3, -0.25) is 4.79 Å². The Hall–Kier alpha value is -1.88. The van der Waals surface area contributed by atoms with E-state index in [2.05, 4.69) is 13.8 Å². The minimum atomic E-state index is -0.956. The van der Waals surface area contributed by atoms with Gasteiger partial charge in [0.15, 0.2) is 0 Å². The van der Waals surface area contributed by atoms with Crippen LogP contribution in [0.5, 0.6) is 0 Å². The fraction of sp³-hybridized carbons (Fsp3) is 0.529. The zero-order valence-electron chi connectivity index (χ0n) is 13.1. The fourth-order valence-corrected chi connectivity index (χ4v) is 2.47. The molecule has 1 aromatic carbocycles. The van der Waals surface area contributed by atoms with Crippen LogP contribution in [0.1, 0.15) is 36.2 Å². The zero-order chi connectivity index (χ0) is 16.1. The lowest BCUT2D eigenvalue weighted by Crippen LogP contribution is -2.31. The number of aromatic carboxylic acids is 1. The molecule has 0 radical (unpaired) electrons. The first-order valence-electron chi connectivity index (χ1n) is 7.67. The first kappa shape index (κ1) is 16.5. The summed E-state index contributed by atoms with van der Waals surface area (Å²) in [5.74, 6) is -0.390. The van der Waals surface area contributed by atoms with Gasteiger partial charge in [-0.1, -0.05) is 26.0 Å². The minimum Gasteiger partial charge on any atom is -0.478 e. The lowest BCUT2D eigenvalue weighted by molar-refractivity contribution is -0.130. The van der Waals surface area contributed by atoms with E-state index >= 15 is 0 Å². The predicted octanol–water partition coefficient (Wildman–Crippen LogP) is 2.20. The molecule has 5 nitrogen and oxygen atoms in total. The summed E-state index contributed by atoms with van der Waals surface area (Å²) in [6.45, 7) is 6.33. The van der Waals surface area contributed by atoms with Crippen LogP contribution in [0.3, 0.4) is 0 Å². The van der Waals surface area contributed by atoms with Gasteiger partial charge in [0.1, 0.15) is 0 Å². The Labute approximate surface area is 130 Å². The third-order valence-corrected chi connectivity index (χ3v) is 3.72. The topological polar surface area (TPSA) is 66.8 Å². The van der Waals surface area contributed by atoms with Crippen molar-refractivity contribution < 1.29 is 19.4 Å². The first-order valence-corrected chi connectivity index (χ1v) is 7.67. The van der Waals surface area contributed by atoms with Crippen molar-refractivity contribution in [3.63, 3.8) is 0 Å². The second kappa shape index (κ2) is 7.40. The molecule has 1 atom stereocenters. The number of amides is 1. The molecule has 1 N–H and O–H groups in total. The van der Waals surface area contributed by atoms with Crippen molar-refractivity contribution in [1.29, 1.82) is 0 Å². The van der Waals surface area contributed by atoms with Crippen molar-refractivity contribution in [2.75, 3.05) is 19.7 Å². The minimum absolute atomic E-state index is 0.0683. The SMILES string of the molecule is CC(C)COC1CCN(C(=O)Cc2ccc(C(=O)O)cc2)C1. The summed E-state index contributed by atoms with van der Waals surface area (Å²) in [7, 11) is 0. The standard InChI is InChI=1S/C17H23NO4/c1-12(2)11-22-15-7-8-18(10-15)16(19)9-13-3-5-14(6-4-13)17(20)21/h3-6,12,15H,7-11H2,1-2H3,(H,20,21). The molecule has 1 fully saturated rings. The Morgan fingerprint density at radius 1 is 1.32 bits per heavy atom. The number of ether oxygens (including phenoxy) is 1. The lowest BCUT2D eigenvalue weighted by atomic mass is 10.1. The van der Waals surface area contributed by atoms with E-state index in [1.165, 1.54) is 12.1 Å². The molecular formula is C17H23NO4. The van der Waals surface area contributed by atoms with Crippen LogP contribution in [0, 0.1) is 5.92 Å². The molecule has 1 saturated heterocycles. The van der Waals surface area contributed by atoms with Gasteiger partial charge in [-0.05, 0) is 30.0 Å². The highest BCUT2D eigenvalue weighted by Crippen LogP contribution is 2.16. The van der Waals surface area contributed by atoms with E-state index in [0.717, 1.165) is 25.1 Å². The summed E-state index contributed by atoms with van der Waals surface area (Å²) < 4.78 is 5.78. The van der Waals surface area contributed by atoms with Gasteiger partial charge in [-0.25, -0.2) is 4.79 Å². The Kier molecular flexibility index (Phi) is 5.55. The second-order valence-corrected chi connectivity index (χ2v) is 6.16. The van der Waals surface area contributed by atoms with E-state index in [1.807, 2.05) is 4.90 Å². The lowest BCUT2D eigenvalue weighted by Gasteiger charge is -2.17. The molecule has 1 unspecified atom stereocenters. The maximum absolute atomic E-state index is 12.3. The highest BCUT2D eigenvalue weighted by molar-refractivity contribution is 5.87. The maximum Gasteiger partial charge on any atom is 0.335 e. The van der Waals surface area contributed by atoms with Crippen molar-refractivity contribution in [3.8, 4) is 0 Å². The number of carbonyl (C=O) groups is 2. The molecule has 0 aliphatic carbocycles. The van der Waals surface area contributed by atoms with Gasteiger partial charge in [0, 0.05) is 19.7 Å². The summed E-state index contributed by atoms with van der Waals surface area (Å²) in [4.78, 5) is 24.9. The van der Waals surface area contributed by atoms with Gasteiger partial charge >= 0.3 is 5.97 Å². The van der Waals surface area contributed by atoms with Gasteiger partial charge in [0.05, 0.1) is 18.1 Å². The largest absolute Gasteiger partial charge is 0.478 e. The van der Waals surface area contributed by atoms with Gasteiger partial charge in [0.25, 0.3) is 0 Å². The average molecular weight is 305 g/mol. The summed E-state index contributed by atoms with van der Waals surface area (Å²) in [5, 5.41) is 8.86. The van der Waals surface area contributed by atoms with Crippen LogP contribution in [0.2, 0.25) is 0 Å². The molecule has 5 heteroatoms. The molecule has 0 spiro atoms. The van der Waals surface area contributed by atoms with Crippen molar-refractivity contribution in [2.45, 2.75) is 32.8 Å². The van der Waals surface area contributed by atoms with Gasteiger partial charge in [0.2, 0.25) is 5.91 Å². The van der Waals surface area contributed by atoms with Crippen LogP contribution in [0.4, 0.5) is 0 Å². The van der Waals surface area contributed by atoms with Crippen molar-refractivity contribution in [3.05, 3.63) is 35.4 Å². The predicted molar refractivity (Wildman–Crippen MR) is 82.9 cm³/mol. The highest BCUT2D eigenvalue weighted by Gasteiger charge is 2.26. The average Bonchev–Trinajstić information content (AvgIpc) is 2.94. The van der Waals surface area contributed by atoms with Crippen LogP contribution in [0.15, 0.2) is 24.3 Å². The van der Waals surface area contributed by atoms with Gasteiger partial charge in [-0.15, -0.1) is 0 Å². The van der Waals surface area contributed by atoms with E-state index in [-0.39, 0.29) is 17.6 Å². The van der Waals surface area contributed by atoms with Crippen LogP contribution in [0.25, 0.3) is 0 Å². The molecule has 1 aromatic rings. The Bertz CT molecular complexity index is 524. The van der Waals surface area contributed by atoms with Crippen molar-refractivity contribution in [2.24, 2.45) is 5.92 Å². The second-order valence-electron chi connectivity index (χ2n) is 6.16. The highest BCUT2D eigenvalue weighted by atomic mass is 16.5. The van der Waals surface area contributed by atoms with E-state index in [1.54, 1.807) is 12.1 Å². The Morgan fingerprint density at radius 3 is 2.59 bits per heavy atom. The number of nitrogens with zero attached hydrogens (tertiary/aromatic N) is 1. The number of hydrogen-bond acceptors (Lipinski definition) is 3. The molecule has 120 valence electrons. The Morgan fingerprint density at radius 2 is 2.00 bits per heavy atom. The number of hydrogen-bond donors (Lipinski definition) is 1. The third kappa shape index (κ3) is 4.56. The smallest absolute Gasteiger partial charge is 0.335 e.